The van der Waals surface area contributed by atoms with Gasteiger partial charge in [-0.15, -0.1) is 0 Å². The number of nitrogens with one attached hydrogen (secondary N) is 1. The molecule has 4 nitrogen and oxygen atoms in total. The summed E-state index contributed by atoms with van der Waals surface area (Å²) in [4.78, 5) is 10.7. The predicted octanol–water partition coefficient (Wildman–Crippen LogP) is -0.386. The lowest BCUT2D eigenvalue weighted by molar-refractivity contribution is -0.117. The lowest BCUT2D eigenvalue weighted by Gasteiger charge is -1.95. The van der Waals surface area contributed by atoms with Crippen LogP contribution in [0.5, 0.6) is 0 Å². The quantitative estimate of drug-likeness (QED) is 0.304. The van der Waals surface area contributed by atoms with Gasteiger partial charge in [0.05, 0.1) is 10.9 Å². The SMILES string of the molecule is CNC(=O)/C(N)=C/C=C(\N)Cl. The minimum absolute atomic E-state index is 0.0658. The molecule has 0 heterocycles. The third-order valence-electron chi connectivity index (χ3n) is 0.911. The van der Waals surface area contributed by atoms with Crippen LogP contribution in [0.2, 0.25) is 0 Å². The van der Waals surface area contributed by atoms with Gasteiger partial charge in [-0.3, -0.25) is 4.79 Å². The molecule has 0 rings (SSSR count). The number of nitrogens with two attached hydrogens (primary N) is 2. The van der Waals surface area contributed by atoms with Crippen molar-refractivity contribution in [2.24, 2.45) is 11.5 Å². The fraction of sp³-hybridized carbons (Fsp3) is 0.167. The summed E-state index contributed by atoms with van der Waals surface area (Å²) in [6, 6.07) is 0. The molecule has 0 aliphatic carbocycles. The second-order valence-corrected chi connectivity index (χ2v) is 2.19. The molecule has 5 heteroatoms. The maximum atomic E-state index is 10.7. The minimum atomic E-state index is -0.362. The van der Waals surface area contributed by atoms with Crippen molar-refractivity contribution < 1.29 is 4.79 Å². The van der Waals surface area contributed by atoms with Gasteiger partial charge in [0.1, 0.15) is 0 Å². The molecular formula is C6H10ClN3O. The lowest BCUT2D eigenvalue weighted by atomic mass is 10.4. The fourth-order valence-electron chi connectivity index (χ4n) is 0.389. The summed E-state index contributed by atoms with van der Waals surface area (Å²) in [6.45, 7) is 0. The largest absolute Gasteiger partial charge is 0.394 e. The molecule has 0 saturated carbocycles. The topological polar surface area (TPSA) is 81.1 Å². The molecule has 62 valence electrons. The van der Waals surface area contributed by atoms with E-state index in [1.165, 1.54) is 19.2 Å². The molecule has 0 bridgehead atoms. The molecule has 0 aliphatic heterocycles. The first-order chi connectivity index (χ1) is 5.07. The van der Waals surface area contributed by atoms with Crippen molar-refractivity contribution in [3.05, 3.63) is 23.0 Å². The smallest absolute Gasteiger partial charge is 0.266 e. The van der Waals surface area contributed by atoms with E-state index in [0.717, 1.165) is 0 Å². The highest BCUT2D eigenvalue weighted by Gasteiger charge is 1.98. The Hall–Kier alpha value is -1.16. The zero-order valence-corrected chi connectivity index (χ0v) is 6.85. The van der Waals surface area contributed by atoms with Gasteiger partial charge in [0, 0.05) is 7.05 Å². The third-order valence-corrected chi connectivity index (χ3v) is 1.04. The molecule has 0 radical (unpaired) electrons. The molecular weight excluding hydrogens is 166 g/mol. The van der Waals surface area contributed by atoms with Crippen LogP contribution >= 0.6 is 11.6 Å². The van der Waals surface area contributed by atoms with Crippen LogP contribution in [-0.2, 0) is 4.79 Å². The third kappa shape index (κ3) is 4.27. The Bertz CT molecular complexity index is 206. The summed E-state index contributed by atoms with van der Waals surface area (Å²) >= 11 is 5.28. The number of rotatable bonds is 2. The number of amides is 1. The van der Waals surface area contributed by atoms with Gasteiger partial charge >= 0.3 is 0 Å². The molecule has 5 N–H and O–H groups in total. The highest BCUT2D eigenvalue weighted by molar-refractivity contribution is 6.29. The monoisotopic (exact) mass is 175 g/mol. The number of hydrogen-bond donors (Lipinski definition) is 3. The van der Waals surface area contributed by atoms with Crippen molar-refractivity contribution in [2.45, 2.75) is 0 Å². The van der Waals surface area contributed by atoms with E-state index in [4.69, 9.17) is 23.1 Å². The summed E-state index contributed by atoms with van der Waals surface area (Å²) in [7, 11) is 1.48. The van der Waals surface area contributed by atoms with Gasteiger partial charge in [0.25, 0.3) is 5.91 Å². The number of likely N-dealkylation sites (N-methyl/N-ethyl adjacent to an activating group) is 1. The molecule has 0 fully saturated rings. The summed E-state index contributed by atoms with van der Waals surface area (Å²) in [5.74, 6) is -0.362. The van der Waals surface area contributed by atoms with Gasteiger partial charge < -0.3 is 16.8 Å². The van der Waals surface area contributed by atoms with Crippen LogP contribution in [0.4, 0.5) is 0 Å². The zero-order chi connectivity index (χ0) is 8.85. The molecule has 0 spiro atoms. The van der Waals surface area contributed by atoms with Gasteiger partial charge in [-0.25, -0.2) is 0 Å². The van der Waals surface area contributed by atoms with E-state index >= 15 is 0 Å². The Balaban J connectivity index is 4.23. The van der Waals surface area contributed by atoms with Crippen molar-refractivity contribution in [2.75, 3.05) is 7.05 Å². The second kappa shape index (κ2) is 4.62. The summed E-state index contributed by atoms with van der Waals surface area (Å²) in [5, 5.41) is 2.42. The van der Waals surface area contributed by atoms with Gasteiger partial charge in [-0.05, 0) is 12.2 Å². The van der Waals surface area contributed by atoms with Crippen LogP contribution in [0.1, 0.15) is 0 Å². The van der Waals surface area contributed by atoms with Gasteiger partial charge in [-0.1, -0.05) is 11.6 Å². The predicted molar refractivity (Wildman–Crippen MR) is 44.5 cm³/mol. The first-order valence-corrected chi connectivity index (χ1v) is 3.26. The standard InChI is InChI=1S/C6H10ClN3O/c1-10-6(11)4(8)2-3-5(7)9/h2-3H,8-9H2,1H3,(H,10,11)/b4-2-,5-3-. The van der Waals surface area contributed by atoms with E-state index in [-0.39, 0.29) is 16.8 Å². The number of carbonyl (C=O) groups is 1. The van der Waals surface area contributed by atoms with Gasteiger partial charge in [0.15, 0.2) is 0 Å². The molecule has 0 aromatic rings. The highest BCUT2D eigenvalue weighted by Crippen LogP contribution is 1.92. The normalized spacial score (nSPS) is 12.9. The van der Waals surface area contributed by atoms with E-state index in [1.807, 2.05) is 0 Å². The first-order valence-electron chi connectivity index (χ1n) is 2.88. The van der Waals surface area contributed by atoms with E-state index in [2.05, 4.69) is 5.32 Å². The average molecular weight is 176 g/mol. The number of halogens is 1. The Labute approximate surface area is 69.9 Å². The fourth-order valence-corrected chi connectivity index (χ4v) is 0.452. The first kappa shape index (κ1) is 9.84. The molecule has 0 atom stereocenters. The second-order valence-electron chi connectivity index (χ2n) is 1.75. The Morgan fingerprint density at radius 1 is 1.45 bits per heavy atom. The number of hydrogen-bond acceptors (Lipinski definition) is 3. The van der Waals surface area contributed by atoms with Gasteiger partial charge in [0.2, 0.25) is 0 Å². The maximum absolute atomic E-state index is 10.7. The van der Waals surface area contributed by atoms with E-state index in [0.29, 0.717) is 0 Å². The Kier molecular flexibility index (Phi) is 4.14. The summed E-state index contributed by atoms with van der Waals surface area (Å²) < 4.78 is 0. The van der Waals surface area contributed by atoms with Crippen molar-refractivity contribution in [1.82, 2.24) is 5.32 Å². The van der Waals surface area contributed by atoms with Crippen LogP contribution in [0.15, 0.2) is 23.0 Å². The zero-order valence-electron chi connectivity index (χ0n) is 6.10. The van der Waals surface area contributed by atoms with Crippen LogP contribution in [-0.4, -0.2) is 13.0 Å². The van der Waals surface area contributed by atoms with E-state index in [1.54, 1.807) is 0 Å². The maximum Gasteiger partial charge on any atom is 0.266 e. The average Bonchev–Trinajstić information content (AvgIpc) is 1.98. The highest BCUT2D eigenvalue weighted by atomic mass is 35.5. The van der Waals surface area contributed by atoms with E-state index in [9.17, 15) is 4.79 Å². The van der Waals surface area contributed by atoms with Crippen molar-refractivity contribution in [3.8, 4) is 0 Å². The van der Waals surface area contributed by atoms with Crippen molar-refractivity contribution in [1.29, 1.82) is 0 Å². The molecule has 0 unspecified atom stereocenters. The minimum Gasteiger partial charge on any atom is -0.394 e. The van der Waals surface area contributed by atoms with Crippen LogP contribution < -0.4 is 16.8 Å². The molecule has 11 heavy (non-hydrogen) atoms. The van der Waals surface area contributed by atoms with E-state index < -0.39 is 0 Å². The van der Waals surface area contributed by atoms with Crippen molar-refractivity contribution >= 4 is 17.5 Å². The summed E-state index contributed by atoms with van der Waals surface area (Å²) in [5.41, 5.74) is 10.4. The van der Waals surface area contributed by atoms with Crippen LogP contribution in [0.3, 0.4) is 0 Å². The Morgan fingerprint density at radius 2 is 2.00 bits per heavy atom. The molecule has 0 aliphatic rings. The molecule has 0 saturated heterocycles. The molecule has 0 aromatic carbocycles. The van der Waals surface area contributed by atoms with Crippen LogP contribution in [0, 0.1) is 0 Å². The summed E-state index contributed by atoms with van der Waals surface area (Å²) in [6.07, 6.45) is 2.67. The Morgan fingerprint density at radius 3 is 2.36 bits per heavy atom. The van der Waals surface area contributed by atoms with Crippen molar-refractivity contribution in [3.63, 3.8) is 0 Å². The number of carbonyl (C=O) groups excluding carboxylic acids is 1. The number of allylic oxidation sites excluding steroid dienone is 2. The lowest BCUT2D eigenvalue weighted by Crippen LogP contribution is -2.24. The molecule has 1 amide bonds. The molecule has 0 aromatic heterocycles. The van der Waals surface area contributed by atoms with Gasteiger partial charge in [-0.2, -0.15) is 0 Å². The van der Waals surface area contributed by atoms with Crippen LogP contribution in [0.25, 0.3) is 0 Å².